The lowest BCUT2D eigenvalue weighted by molar-refractivity contribution is -0.192. The van der Waals surface area contributed by atoms with Gasteiger partial charge in [0.15, 0.2) is 0 Å². The molecule has 0 aromatic carbocycles. The van der Waals surface area contributed by atoms with Gasteiger partial charge in [-0.05, 0) is 19.3 Å². The smallest absolute Gasteiger partial charge is 0.475 e. The van der Waals surface area contributed by atoms with Gasteiger partial charge in [-0.25, -0.2) is 13.2 Å². The number of halogens is 3. The zero-order valence-corrected chi connectivity index (χ0v) is 12.1. The minimum Gasteiger partial charge on any atom is -0.475 e. The lowest BCUT2D eigenvalue weighted by atomic mass is 10.2. The van der Waals surface area contributed by atoms with Gasteiger partial charge < -0.3 is 10.8 Å². The van der Waals surface area contributed by atoms with E-state index < -0.39 is 38.9 Å². The normalized spacial score (nSPS) is 27.2. The first-order valence-corrected chi connectivity index (χ1v) is 7.67. The van der Waals surface area contributed by atoms with Crippen LogP contribution >= 0.6 is 0 Å². The molecule has 0 spiro atoms. The van der Waals surface area contributed by atoms with Gasteiger partial charge in [-0.1, -0.05) is 6.08 Å². The topological polar surface area (TPSA) is 127 Å². The molecule has 11 heteroatoms. The molecule has 0 saturated heterocycles. The molecule has 1 amide bonds. The minimum atomic E-state index is -5.08. The van der Waals surface area contributed by atoms with Crippen molar-refractivity contribution < 1.29 is 36.3 Å². The number of carboxylic acid groups (broad SMARTS) is 1. The van der Waals surface area contributed by atoms with Crippen molar-refractivity contribution in [1.82, 2.24) is 4.72 Å². The highest BCUT2D eigenvalue weighted by Crippen LogP contribution is 2.42. The first kappa shape index (κ1) is 18.4. The van der Waals surface area contributed by atoms with Crippen molar-refractivity contribution in [2.75, 3.05) is 0 Å². The fourth-order valence-electron chi connectivity index (χ4n) is 1.55. The first-order chi connectivity index (χ1) is 9.84. The quantitative estimate of drug-likeness (QED) is 0.622. The molecule has 0 aromatic heterocycles. The first-order valence-electron chi connectivity index (χ1n) is 6.12. The summed E-state index contributed by atoms with van der Waals surface area (Å²) in [4.78, 5) is 20.5. The number of carbonyl (C=O) groups is 2. The molecule has 126 valence electrons. The van der Waals surface area contributed by atoms with Crippen LogP contribution in [-0.2, 0) is 19.6 Å². The Bertz CT molecular complexity index is 585. The predicted octanol–water partition coefficient (Wildman–Crippen LogP) is 0.131. The molecule has 2 atom stereocenters. The lowest BCUT2D eigenvalue weighted by Gasteiger charge is -2.11. The van der Waals surface area contributed by atoms with Crippen LogP contribution in [0, 0.1) is 5.92 Å². The molecular formula is C11H15F3N2O5S. The number of hydrogen-bond donors (Lipinski definition) is 3. The van der Waals surface area contributed by atoms with Gasteiger partial charge in [0.2, 0.25) is 10.0 Å². The van der Waals surface area contributed by atoms with Crippen LogP contribution in [0.4, 0.5) is 13.2 Å². The van der Waals surface area contributed by atoms with Gasteiger partial charge in [-0.3, -0.25) is 9.52 Å². The van der Waals surface area contributed by atoms with E-state index in [-0.39, 0.29) is 5.92 Å². The highest BCUT2D eigenvalue weighted by molar-refractivity contribution is 7.90. The molecule has 0 heterocycles. The minimum absolute atomic E-state index is 0.105. The largest absolute Gasteiger partial charge is 0.490 e. The third kappa shape index (κ3) is 4.44. The Morgan fingerprint density at radius 1 is 1.36 bits per heavy atom. The Kier molecular flexibility index (Phi) is 4.92. The second kappa shape index (κ2) is 5.88. The van der Waals surface area contributed by atoms with E-state index in [1.165, 1.54) is 0 Å². The Morgan fingerprint density at radius 3 is 2.09 bits per heavy atom. The van der Waals surface area contributed by atoms with Crippen molar-refractivity contribution in [2.45, 2.75) is 36.2 Å². The Balaban J connectivity index is 0.000000295. The van der Waals surface area contributed by atoms with Crippen LogP contribution in [0.1, 0.15) is 19.3 Å². The van der Waals surface area contributed by atoms with E-state index in [9.17, 15) is 26.4 Å². The monoisotopic (exact) mass is 344 g/mol. The van der Waals surface area contributed by atoms with E-state index in [4.69, 9.17) is 15.6 Å². The average Bonchev–Trinajstić information content (AvgIpc) is 3.22. The molecule has 0 bridgehead atoms. The van der Waals surface area contributed by atoms with Crippen molar-refractivity contribution in [3.8, 4) is 0 Å². The summed E-state index contributed by atoms with van der Waals surface area (Å²) in [6.45, 7) is 3.54. The van der Waals surface area contributed by atoms with E-state index in [0.717, 1.165) is 0 Å². The highest BCUT2D eigenvalue weighted by Gasteiger charge is 2.56. The zero-order chi connectivity index (χ0) is 17.3. The van der Waals surface area contributed by atoms with Gasteiger partial charge in [-0.2, -0.15) is 13.2 Å². The second-order valence-corrected chi connectivity index (χ2v) is 7.03. The summed E-state index contributed by atoms with van der Waals surface area (Å²) in [6.07, 6.45) is -1.76. The van der Waals surface area contributed by atoms with E-state index in [1.807, 2.05) is 4.72 Å². The number of sulfonamides is 1. The fourth-order valence-corrected chi connectivity index (χ4v) is 2.92. The van der Waals surface area contributed by atoms with Crippen molar-refractivity contribution >= 4 is 21.9 Å². The van der Waals surface area contributed by atoms with Crippen LogP contribution in [0.15, 0.2) is 12.7 Å². The van der Waals surface area contributed by atoms with Gasteiger partial charge in [0.05, 0.1) is 5.25 Å². The van der Waals surface area contributed by atoms with Crippen LogP contribution in [0.3, 0.4) is 0 Å². The molecule has 2 aliphatic carbocycles. The van der Waals surface area contributed by atoms with Crippen LogP contribution in [-0.4, -0.2) is 42.4 Å². The SMILES string of the molecule is C=CC1CC1(N)C(=O)NS(=O)(=O)C1CC1.O=C(O)C(F)(F)F. The molecule has 0 aromatic rings. The number of aliphatic carboxylic acids is 1. The van der Waals surface area contributed by atoms with Crippen molar-refractivity contribution in [3.05, 3.63) is 12.7 Å². The van der Waals surface area contributed by atoms with Crippen LogP contribution in [0.25, 0.3) is 0 Å². The summed E-state index contributed by atoms with van der Waals surface area (Å²) < 4.78 is 56.7. The van der Waals surface area contributed by atoms with Crippen molar-refractivity contribution in [2.24, 2.45) is 11.7 Å². The molecule has 2 fully saturated rings. The van der Waals surface area contributed by atoms with Crippen molar-refractivity contribution in [3.63, 3.8) is 0 Å². The Morgan fingerprint density at radius 2 is 1.82 bits per heavy atom. The maximum Gasteiger partial charge on any atom is 0.490 e. The highest BCUT2D eigenvalue weighted by atomic mass is 32.2. The molecule has 7 nitrogen and oxygen atoms in total. The number of nitrogens with one attached hydrogen (secondary N) is 1. The number of amides is 1. The standard InChI is InChI=1S/C9H14N2O3S.C2HF3O2/c1-2-6-5-9(6,10)8(12)11-15(13,14)7-3-4-7;3-2(4,5)1(6)7/h2,6-7H,1,3-5,10H2,(H,11,12);(H,6,7). The molecule has 22 heavy (non-hydrogen) atoms. The number of carboxylic acids is 1. The molecule has 4 N–H and O–H groups in total. The van der Waals surface area contributed by atoms with Gasteiger partial charge in [0, 0.05) is 5.92 Å². The van der Waals surface area contributed by atoms with Gasteiger partial charge in [-0.15, -0.1) is 6.58 Å². The van der Waals surface area contributed by atoms with Gasteiger partial charge in [0.25, 0.3) is 5.91 Å². The van der Waals surface area contributed by atoms with E-state index >= 15 is 0 Å². The molecule has 2 saturated carbocycles. The molecular weight excluding hydrogens is 329 g/mol. The molecule has 2 rings (SSSR count). The lowest BCUT2D eigenvalue weighted by Crippen LogP contribution is -2.47. The number of rotatable bonds is 4. The van der Waals surface area contributed by atoms with Crippen LogP contribution in [0.2, 0.25) is 0 Å². The van der Waals surface area contributed by atoms with Gasteiger partial charge >= 0.3 is 12.1 Å². The number of nitrogens with two attached hydrogens (primary N) is 1. The molecule has 2 aliphatic rings. The third-order valence-electron chi connectivity index (χ3n) is 3.21. The summed E-state index contributed by atoms with van der Waals surface area (Å²) in [6, 6.07) is 0. The maximum atomic E-state index is 11.6. The van der Waals surface area contributed by atoms with Crippen molar-refractivity contribution in [1.29, 1.82) is 0 Å². The molecule has 2 unspecified atom stereocenters. The predicted molar refractivity (Wildman–Crippen MR) is 69.0 cm³/mol. The Hall–Kier alpha value is -1.62. The molecule has 0 aliphatic heterocycles. The summed E-state index contributed by atoms with van der Waals surface area (Å²) in [5.41, 5.74) is 4.67. The summed E-state index contributed by atoms with van der Waals surface area (Å²) in [7, 11) is -3.47. The summed E-state index contributed by atoms with van der Waals surface area (Å²) in [5, 5.41) is 6.73. The van der Waals surface area contributed by atoms with Crippen LogP contribution in [0.5, 0.6) is 0 Å². The summed E-state index contributed by atoms with van der Waals surface area (Å²) >= 11 is 0. The number of alkyl halides is 3. The zero-order valence-electron chi connectivity index (χ0n) is 11.3. The third-order valence-corrected chi connectivity index (χ3v) is 5.03. The Labute approximate surface area is 124 Å². The molecule has 0 radical (unpaired) electrons. The van der Waals surface area contributed by atoms with E-state index in [1.54, 1.807) is 6.08 Å². The van der Waals surface area contributed by atoms with E-state index in [0.29, 0.717) is 19.3 Å². The maximum absolute atomic E-state index is 11.6. The second-order valence-electron chi connectivity index (χ2n) is 5.07. The fraction of sp³-hybridized carbons (Fsp3) is 0.636. The van der Waals surface area contributed by atoms with Gasteiger partial charge in [0.1, 0.15) is 5.54 Å². The number of hydrogen-bond acceptors (Lipinski definition) is 5. The number of carbonyl (C=O) groups excluding carboxylic acids is 1. The van der Waals surface area contributed by atoms with E-state index in [2.05, 4.69) is 6.58 Å². The van der Waals surface area contributed by atoms with Crippen LogP contribution < -0.4 is 10.5 Å². The average molecular weight is 344 g/mol. The summed E-state index contributed by atoms with van der Waals surface area (Å²) in [5.74, 6) is -3.46.